The second kappa shape index (κ2) is 11.2. The van der Waals surface area contributed by atoms with Crippen LogP contribution in [-0.2, 0) is 16.6 Å². The molecule has 1 heterocycles. The van der Waals surface area contributed by atoms with E-state index in [0.717, 1.165) is 30.5 Å². The molecule has 0 unspecified atom stereocenters. The summed E-state index contributed by atoms with van der Waals surface area (Å²) in [5.41, 5.74) is 5.77. The number of unbranched alkanes of at least 4 members (excludes halogenated alkanes) is 2. The molecule has 1 fully saturated rings. The van der Waals surface area contributed by atoms with Crippen molar-refractivity contribution < 1.29 is 4.79 Å². The first kappa shape index (κ1) is 23.8. The van der Waals surface area contributed by atoms with Gasteiger partial charge in [-0.3, -0.25) is 4.79 Å². The molecule has 5 rings (SSSR count). The Bertz CT molecular complexity index is 1050. The molecule has 1 spiro atoms. The van der Waals surface area contributed by atoms with Crippen LogP contribution in [-0.4, -0.2) is 37.0 Å². The largest absolute Gasteiger partial charge is 0.355 e. The third kappa shape index (κ3) is 5.51. The maximum atomic E-state index is 13.1. The highest BCUT2D eigenvalue weighted by Crippen LogP contribution is 2.46. The third-order valence-electron chi connectivity index (χ3n) is 8.25. The summed E-state index contributed by atoms with van der Waals surface area (Å²) in [6.07, 6.45) is 8.62. The molecule has 0 bridgehead atoms. The van der Waals surface area contributed by atoms with Gasteiger partial charge in [-0.05, 0) is 85.8 Å². The normalized spacial score (nSPS) is 16.9. The first-order chi connectivity index (χ1) is 17.3. The van der Waals surface area contributed by atoms with Gasteiger partial charge in [0.2, 0.25) is 5.91 Å². The molecule has 3 nitrogen and oxygen atoms in total. The zero-order valence-corrected chi connectivity index (χ0v) is 20.8. The van der Waals surface area contributed by atoms with E-state index in [-0.39, 0.29) is 11.8 Å². The monoisotopic (exact) mass is 466 g/mol. The number of fused-ring (bicyclic) bond motifs is 2. The zero-order valence-electron chi connectivity index (χ0n) is 20.8. The van der Waals surface area contributed by atoms with Crippen molar-refractivity contribution in [1.29, 1.82) is 0 Å². The van der Waals surface area contributed by atoms with Gasteiger partial charge in [-0.2, -0.15) is 0 Å². The van der Waals surface area contributed by atoms with Gasteiger partial charge in [0.15, 0.2) is 0 Å². The summed E-state index contributed by atoms with van der Waals surface area (Å²) in [5, 5.41) is 3.21. The van der Waals surface area contributed by atoms with Crippen LogP contribution in [0.3, 0.4) is 0 Å². The van der Waals surface area contributed by atoms with Crippen LogP contribution < -0.4 is 5.32 Å². The molecule has 1 amide bonds. The maximum Gasteiger partial charge on any atom is 0.232 e. The number of hydrogen-bond donors (Lipinski definition) is 1. The molecule has 0 aromatic heterocycles. The highest BCUT2D eigenvalue weighted by molar-refractivity contribution is 5.87. The molecular formula is C32H38N2O. The summed E-state index contributed by atoms with van der Waals surface area (Å²) >= 11 is 0. The van der Waals surface area contributed by atoms with Crippen molar-refractivity contribution >= 4 is 5.91 Å². The predicted octanol–water partition coefficient (Wildman–Crippen LogP) is 6.09. The number of nitrogens with one attached hydrogen (secondary N) is 1. The standard InChI is InChI=1S/C32H38N2O/c35-31(30(27-13-4-1-5-14-27)28-15-6-2-7-16-28)33-22-10-3-11-23-34-24-20-32(21-25-34)19-18-26-12-8-9-17-29(26)32/h1-2,4-9,12-17,30H,3,10-11,18-25H2,(H,33,35). The molecule has 0 radical (unpaired) electrons. The Morgan fingerprint density at radius 2 is 1.40 bits per heavy atom. The topological polar surface area (TPSA) is 32.3 Å². The first-order valence-electron chi connectivity index (χ1n) is 13.4. The Hall–Kier alpha value is -2.91. The lowest BCUT2D eigenvalue weighted by Gasteiger charge is -2.40. The fourth-order valence-electron chi connectivity index (χ4n) is 6.23. The quantitative estimate of drug-likeness (QED) is 0.387. The Morgan fingerprint density at radius 1 is 0.771 bits per heavy atom. The number of benzene rings is 3. The van der Waals surface area contributed by atoms with Crippen molar-refractivity contribution in [3.05, 3.63) is 107 Å². The fourth-order valence-corrected chi connectivity index (χ4v) is 6.23. The molecule has 35 heavy (non-hydrogen) atoms. The number of amides is 1. The highest BCUT2D eigenvalue weighted by atomic mass is 16.1. The lowest BCUT2D eigenvalue weighted by molar-refractivity contribution is -0.121. The van der Waals surface area contributed by atoms with Crippen molar-refractivity contribution in [3.63, 3.8) is 0 Å². The van der Waals surface area contributed by atoms with E-state index < -0.39 is 0 Å². The van der Waals surface area contributed by atoms with E-state index >= 15 is 0 Å². The number of aryl methyl sites for hydroxylation is 1. The molecule has 0 saturated carbocycles. The van der Waals surface area contributed by atoms with E-state index in [4.69, 9.17) is 0 Å². The first-order valence-corrected chi connectivity index (χ1v) is 13.4. The van der Waals surface area contributed by atoms with E-state index in [0.29, 0.717) is 5.41 Å². The van der Waals surface area contributed by atoms with Crippen molar-refractivity contribution in [2.24, 2.45) is 0 Å². The van der Waals surface area contributed by atoms with Crippen molar-refractivity contribution in [1.82, 2.24) is 10.2 Å². The van der Waals surface area contributed by atoms with E-state index in [2.05, 4.69) is 34.5 Å². The molecule has 1 aliphatic carbocycles. The van der Waals surface area contributed by atoms with Crippen LogP contribution in [0.2, 0.25) is 0 Å². The van der Waals surface area contributed by atoms with Gasteiger partial charge in [-0.1, -0.05) is 91.3 Å². The Morgan fingerprint density at radius 3 is 2.09 bits per heavy atom. The van der Waals surface area contributed by atoms with E-state index in [9.17, 15) is 4.79 Å². The molecule has 1 saturated heterocycles. The SMILES string of the molecule is O=C(NCCCCCN1CCC2(CCc3ccccc32)CC1)C(c1ccccc1)c1ccccc1. The number of nitrogens with zero attached hydrogens (tertiary/aromatic N) is 1. The van der Waals surface area contributed by atoms with Crippen LogP contribution in [0.25, 0.3) is 0 Å². The second-order valence-corrected chi connectivity index (χ2v) is 10.4. The van der Waals surface area contributed by atoms with Gasteiger partial charge in [0, 0.05) is 6.54 Å². The molecule has 3 aromatic rings. The number of carbonyl (C=O) groups excluding carboxylic acids is 1. The molecule has 2 aliphatic rings. The van der Waals surface area contributed by atoms with Gasteiger partial charge in [0.25, 0.3) is 0 Å². The molecule has 182 valence electrons. The number of carbonyl (C=O) groups is 1. The number of piperidine rings is 1. The summed E-state index contributed by atoms with van der Waals surface area (Å²) in [6.45, 7) is 4.37. The summed E-state index contributed by atoms with van der Waals surface area (Å²) in [5.74, 6) is -0.153. The van der Waals surface area contributed by atoms with Crippen molar-refractivity contribution in [3.8, 4) is 0 Å². The van der Waals surface area contributed by atoms with E-state index in [1.54, 1.807) is 11.1 Å². The minimum Gasteiger partial charge on any atom is -0.355 e. The van der Waals surface area contributed by atoms with Crippen LogP contribution in [0.1, 0.15) is 66.7 Å². The lowest BCUT2D eigenvalue weighted by atomic mass is 9.74. The molecule has 1 N–H and O–H groups in total. The molecule has 3 aromatic carbocycles. The second-order valence-electron chi connectivity index (χ2n) is 10.4. The average molecular weight is 467 g/mol. The zero-order chi connectivity index (χ0) is 23.9. The molecular weight excluding hydrogens is 428 g/mol. The number of hydrogen-bond acceptors (Lipinski definition) is 2. The Kier molecular flexibility index (Phi) is 7.63. The van der Waals surface area contributed by atoms with Crippen LogP contribution in [0.4, 0.5) is 0 Å². The fraction of sp³-hybridized carbons (Fsp3) is 0.406. The minimum atomic E-state index is -0.251. The van der Waals surface area contributed by atoms with Gasteiger partial charge >= 0.3 is 0 Å². The maximum absolute atomic E-state index is 13.1. The average Bonchev–Trinajstić information content (AvgIpc) is 3.27. The molecule has 1 aliphatic heterocycles. The van der Waals surface area contributed by atoms with Gasteiger partial charge < -0.3 is 10.2 Å². The van der Waals surface area contributed by atoms with Crippen LogP contribution in [0.5, 0.6) is 0 Å². The molecule has 0 atom stereocenters. The van der Waals surface area contributed by atoms with Gasteiger partial charge in [-0.25, -0.2) is 0 Å². The smallest absolute Gasteiger partial charge is 0.232 e. The van der Waals surface area contributed by atoms with E-state index in [1.807, 2.05) is 60.7 Å². The van der Waals surface area contributed by atoms with Crippen molar-refractivity contribution in [2.75, 3.05) is 26.2 Å². The summed E-state index contributed by atoms with van der Waals surface area (Å²) in [6, 6.07) is 29.3. The Balaban J connectivity index is 1.04. The minimum absolute atomic E-state index is 0.0978. The van der Waals surface area contributed by atoms with Gasteiger partial charge in [-0.15, -0.1) is 0 Å². The van der Waals surface area contributed by atoms with Crippen LogP contribution in [0.15, 0.2) is 84.9 Å². The Labute approximate surface area is 210 Å². The summed E-state index contributed by atoms with van der Waals surface area (Å²) in [7, 11) is 0. The third-order valence-corrected chi connectivity index (χ3v) is 8.25. The van der Waals surface area contributed by atoms with E-state index in [1.165, 1.54) is 51.7 Å². The number of likely N-dealkylation sites (tertiary alicyclic amines) is 1. The highest BCUT2D eigenvalue weighted by Gasteiger charge is 2.40. The lowest BCUT2D eigenvalue weighted by Crippen LogP contribution is -2.41. The summed E-state index contributed by atoms with van der Waals surface area (Å²) in [4.78, 5) is 15.8. The van der Waals surface area contributed by atoms with Crippen LogP contribution in [0, 0.1) is 0 Å². The number of rotatable bonds is 9. The van der Waals surface area contributed by atoms with Crippen molar-refractivity contribution in [2.45, 2.75) is 56.3 Å². The predicted molar refractivity (Wildman–Crippen MR) is 144 cm³/mol. The molecule has 3 heteroatoms. The summed E-state index contributed by atoms with van der Waals surface area (Å²) < 4.78 is 0. The van der Waals surface area contributed by atoms with Gasteiger partial charge in [0.05, 0.1) is 5.92 Å². The van der Waals surface area contributed by atoms with Crippen LogP contribution >= 0.6 is 0 Å². The van der Waals surface area contributed by atoms with Gasteiger partial charge in [0.1, 0.15) is 0 Å².